The molecule has 3 nitrogen and oxygen atoms in total. The maximum Gasteiger partial charge on any atom is 0.197 e. The highest BCUT2D eigenvalue weighted by atomic mass is 16.3. The fraction of sp³-hybridized carbons (Fsp3) is 0.278. The minimum Gasteiger partial charge on any atom is -0.441 e. The van der Waals surface area contributed by atoms with E-state index in [-0.39, 0.29) is 6.04 Å². The monoisotopic (exact) mass is 280 g/mol. The van der Waals surface area contributed by atoms with Crippen molar-refractivity contribution in [1.82, 2.24) is 10.3 Å². The van der Waals surface area contributed by atoms with Crippen LogP contribution in [-0.4, -0.2) is 11.5 Å². The van der Waals surface area contributed by atoms with Crippen LogP contribution >= 0.6 is 0 Å². The molecule has 1 unspecified atom stereocenters. The van der Waals surface area contributed by atoms with Crippen LogP contribution in [0.15, 0.2) is 52.9 Å². The summed E-state index contributed by atoms with van der Waals surface area (Å²) in [6.07, 6.45) is 0.756. The molecule has 0 aliphatic rings. The van der Waals surface area contributed by atoms with Crippen molar-refractivity contribution in [1.29, 1.82) is 0 Å². The second-order valence-electron chi connectivity index (χ2n) is 5.30. The molecular formula is C18H20N2O. The number of nitrogens with zero attached hydrogens (tertiary/aromatic N) is 1. The molecule has 0 radical (unpaired) electrons. The van der Waals surface area contributed by atoms with Gasteiger partial charge in [0.1, 0.15) is 5.52 Å². The summed E-state index contributed by atoms with van der Waals surface area (Å²) in [5.41, 5.74) is 4.32. The number of hydrogen-bond donors (Lipinski definition) is 1. The third-order valence-electron chi connectivity index (χ3n) is 3.65. The summed E-state index contributed by atoms with van der Waals surface area (Å²) in [7, 11) is 0. The highest BCUT2D eigenvalue weighted by Crippen LogP contribution is 2.22. The number of oxazole rings is 1. The number of rotatable bonds is 5. The minimum atomic E-state index is 0.226. The van der Waals surface area contributed by atoms with Crippen molar-refractivity contribution in [3.63, 3.8) is 0 Å². The number of aryl methyl sites for hydroxylation is 1. The quantitative estimate of drug-likeness (QED) is 0.766. The van der Waals surface area contributed by atoms with Gasteiger partial charge in [-0.2, -0.15) is 0 Å². The number of likely N-dealkylation sites (N-methyl/N-ethyl adjacent to an activating group) is 1. The highest BCUT2D eigenvalue weighted by molar-refractivity contribution is 5.72. The first-order valence-corrected chi connectivity index (χ1v) is 7.40. The van der Waals surface area contributed by atoms with Gasteiger partial charge in [0.25, 0.3) is 0 Å². The van der Waals surface area contributed by atoms with Crippen LogP contribution in [0.3, 0.4) is 0 Å². The maximum atomic E-state index is 5.84. The van der Waals surface area contributed by atoms with Crippen molar-refractivity contribution in [3.8, 4) is 0 Å². The molecule has 21 heavy (non-hydrogen) atoms. The van der Waals surface area contributed by atoms with Gasteiger partial charge in [0.15, 0.2) is 11.5 Å². The Morgan fingerprint density at radius 1 is 1.10 bits per heavy atom. The first-order valence-electron chi connectivity index (χ1n) is 7.40. The van der Waals surface area contributed by atoms with Gasteiger partial charge in [-0.3, -0.25) is 0 Å². The van der Waals surface area contributed by atoms with E-state index < -0.39 is 0 Å². The van der Waals surface area contributed by atoms with Crippen LogP contribution in [0.1, 0.15) is 30.0 Å². The van der Waals surface area contributed by atoms with Gasteiger partial charge in [-0.1, -0.05) is 48.9 Å². The minimum absolute atomic E-state index is 0.226. The molecule has 1 heterocycles. The van der Waals surface area contributed by atoms with Gasteiger partial charge in [0.05, 0.1) is 0 Å². The van der Waals surface area contributed by atoms with E-state index in [1.165, 1.54) is 11.1 Å². The fourth-order valence-electron chi connectivity index (χ4n) is 2.53. The molecule has 0 saturated carbocycles. The molecule has 0 amide bonds. The van der Waals surface area contributed by atoms with Gasteiger partial charge in [-0.05, 0) is 31.2 Å². The van der Waals surface area contributed by atoms with Gasteiger partial charge in [-0.15, -0.1) is 0 Å². The van der Waals surface area contributed by atoms with Crippen LogP contribution in [-0.2, 0) is 6.42 Å². The smallest absolute Gasteiger partial charge is 0.197 e. The molecule has 1 atom stereocenters. The van der Waals surface area contributed by atoms with Crippen LogP contribution < -0.4 is 5.32 Å². The molecule has 3 rings (SSSR count). The second-order valence-corrected chi connectivity index (χ2v) is 5.30. The lowest BCUT2D eigenvalue weighted by molar-refractivity contribution is 0.460. The van der Waals surface area contributed by atoms with Gasteiger partial charge in [-0.25, -0.2) is 4.98 Å². The van der Waals surface area contributed by atoms with Crippen LogP contribution in [0.5, 0.6) is 0 Å². The van der Waals surface area contributed by atoms with Crippen molar-refractivity contribution < 1.29 is 4.42 Å². The van der Waals surface area contributed by atoms with Crippen molar-refractivity contribution in [2.75, 3.05) is 6.54 Å². The molecule has 1 aromatic heterocycles. The SMILES string of the molecule is CCNC(Cc1nc2ccccc2o1)c1ccc(C)cc1. The summed E-state index contributed by atoms with van der Waals surface area (Å²) in [4.78, 5) is 4.57. The van der Waals surface area contributed by atoms with Gasteiger partial charge < -0.3 is 9.73 Å². The van der Waals surface area contributed by atoms with Crippen LogP contribution in [0, 0.1) is 6.92 Å². The lowest BCUT2D eigenvalue weighted by Gasteiger charge is -2.16. The van der Waals surface area contributed by atoms with E-state index in [1.54, 1.807) is 0 Å². The van der Waals surface area contributed by atoms with E-state index in [0.717, 1.165) is 30.0 Å². The number of hydrogen-bond acceptors (Lipinski definition) is 3. The number of para-hydroxylation sites is 2. The molecule has 2 aromatic carbocycles. The summed E-state index contributed by atoms with van der Waals surface area (Å²) in [6.45, 7) is 5.14. The Labute approximate surface area is 125 Å². The third-order valence-corrected chi connectivity index (χ3v) is 3.65. The van der Waals surface area contributed by atoms with E-state index in [9.17, 15) is 0 Å². The molecule has 3 aromatic rings. The Balaban J connectivity index is 1.85. The second kappa shape index (κ2) is 6.10. The normalized spacial score (nSPS) is 12.7. The van der Waals surface area contributed by atoms with E-state index in [1.807, 2.05) is 24.3 Å². The highest BCUT2D eigenvalue weighted by Gasteiger charge is 2.15. The van der Waals surface area contributed by atoms with Gasteiger partial charge in [0.2, 0.25) is 0 Å². The van der Waals surface area contributed by atoms with E-state index in [0.29, 0.717) is 0 Å². The predicted octanol–water partition coefficient (Wildman–Crippen LogP) is 4.03. The Morgan fingerprint density at radius 2 is 1.86 bits per heavy atom. The topological polar surface area (TPSA) is 38.1 Å². The summed E-state index contributed by atoms with van der Waals surface area (Å²) in [5.74, 6) is 0.780. The molecule has 0 aliphatic carbocycles. The number of fused-ring (bicyclic) bond motifs is 1. The Bertz CT molecular complexity index is 682. The van der Waals surface area contributed by atoms with Crippen molar-refractivity contribution in [2.24, 2.45) is 0 Å². The lowest BCUT2D eigenvalue weighted by Crippen LogP contribution is -2.23. The molecule has 0 aliphatic heterocycles. The molecular weight excluding hydrogens is 260 g/mol. The standard InChI is InChI=1S/C18H20N2O/c1-3-19-16(14-10-8-13(2)9-11-14)12-18-20-15-6-4-5-7-17(15)21-18/h4-11,16,19H,3,12H2,1-2H3. The van der Waals surface area contributed by atoms with Crippen molar-refractivity contribution in [3.05, 3.63) is 65.5 Å². The largest absolute Gasteiger partial charge is 0.441 e. The zero-order chi connectivity index (χ0) is 14.7. The summed E-state index contributed by atoms with van der Waals surface area (Å²) in [5, 5.41) is 3.51. The summed E-state index contributed by atoms with van der Waals surface area (Å²) in [6, 6.07) is 16.8. The molecule has 1 N–H and O–H groups in total. The average molecular weight is 280 g/mol. The predicted molar refractivity (Wildman–Crippen MR) is 85.3 cm³/mol. The van der Waals surface area contributed by atoms with Gasteiger partial charge in [0, 0.05) is 12.5 Å². The molecule has 0 spiro atoms. The van der Waals surface area contributed by atoms with Crippen molar-refractivity contribution in [2.45, 2.75) is 26.3 Å². The molecule has 3 heteroatoms. The van der Waals surface area contributed by atoms with Crippen LogP contribution in [0.2, 0.25) is 0 Å². The average Bonchev–Trinajstić information content (AvgIpc) is 2.90. The first-order chi connectivity index (χ1) is 10.3. The molecule has 0 saturated heterocycles. The third kappa shape index (κ3) is 3.14. The van der Waals surface area contributed by atoms with Crippen LogP contribution in [0.4, 0.5) is 0 Å². The Kier molecular flexibility index (Phi) is 4.02. The lowest BCUT2D eigenvalue weighted by atomic mass is 10.0. The maximum absolute atomic E-state index is 5.84. The van der Waals surface area contributed by atoms with Gasteiger partial charge >= 0.3 is 0 Å². The van der Waals surface area contributed by atoms with E-state index >= 15 is 0 Å². The first kappa shape index (κ1) is 13.8. The molecule has 0 bridgehead atoms. The number of benzene rings is 2. The number of nitrogens with one attached hydrogen (secondary N) is 1. The number of aromatic nitrogens is 1. The zero-order valence-electron chi connectivity index (χ0n) is 12.5. The summed E-state index contributed by atoms with van der Waals surface area (Å²) >= 11 is 0. The van der Waals surface area contributed by atoms with E-state index in [2.05, 4.69) is 48.4 Å². The Hall–Kier alpha value is -2.13. The zero-order valence-corrected chi connectivity index (χ0v) is 12.5. The Morgan fingerprint density at radius 3 is 2.57 bits per heavy atom. The molecule has 108 valence electrons. The fourth-order valence-corrected chi connectivity index (χ4v) is 2.53. The molecule has 0 fully saturated rings. The summed E-state index contributed by atoms with van der Waals surface area (Å²) < 4.78 is 5.84. The van der Waals surface area contributed by atoms with E-state index in [4.69, 9.17) is 4.42 Å². The van der Waals surface area contributed by atoms with Crippen molar-refractivity contribution >= 4 is 11.1 Å². The van der Waals surface area contributed by atoms with Crippen LogP contribution in [0.25, 0.3) is 11.1 Å².